The number of morpholine rings is 1. The lowest BCUT2D eigenvalue weighted by Gasteiger charge is -2.35. The van der Waals surface area contributed by atoms with Gasteiger partial charge in [-0.3, -0.25) is 19.4 Å². The van der Waals surface area contributed by atoms with Gasteiger partial charge in [-0.25, -0.2) is 4.79 Å². The molecule has 4 amide bonds. The van der Waals surface area contributed by atoms with E-state index in [1.54, 1.807) is 7.11 Å². The van der Waals surface area contributed by atoms with Crippen molar-refractivity contribution >= 4 is 17.8 Å². The van der Waals surface area contributed by atoms with Crippen LogP contribution in [0.5, 0.6) is 5.75 Å². The zero-order valence-electron chi connectivity index (χ0n) is 17.9. The summed E-state index contributed by atoms with van der Waals surface area (Å²) in [5.41, 5.74) is 0.263. The first-order valence-electron chi connectivity index (χ1n) is 10.9. The van der Waals surface area contributed by atoms with Gasteiger partial charge in [-0.1, -0.05) is 25.0 Å². The van der Waals surface area contributed by atoms with Gasteiger partial charge in [-0.05, 0) is 30.5 Å². The monoisotopic (exact) mass is 430 g/mol. The van der Waals surface area contributed by atoms with Crippen molar-refractivity contribution in [2.24, 2.45) is 0 Å². The second-order valence-electron chi connectivity index (χ2n) is 8.35. The summed E-state index contributed by atoms with van der Waals surface area (Å²) in [5.74, 6) is 0.156. The maximum absolute atomic E-state index is 12.8. The number of imide groups is 1. The van der Waals surface area contributed by atoms with E-state index in [1.807, 2.05) is 24.3 Å². The number of methoxy groups -OCH3 is 1. The zero-order valence-corrected chi connectivity index (χ0v) is 17.9. The van der Waals surface area contributed by atoms with Crippen molar-refractivity contribution in [2.75, 3.05) is 46.5 Å². The molecule has 0 radical (unpaired) electrons. The molecular weight excluding hydrogens is 400 g/mol. The molecule has 9 heteroatoms. The Hall–Kier alpha value is -2.65. The topological polar surface area (TPSA) is 100 Å². The van der Waals surface area contributed by atoms with E-state index in [0.29, 0.717) is 32.6 Å². The Balaban J connectivity index is 1.39. The Morgan fingerprint density at radius 3 is 2.52 bits per heavy atom. The Kier molecular flexibility index (Phi) is 6.43. The Morgan fingerprint density at radius 2 is 1.87 bits per heavy atom. The van der Waals surface area contributed by atoms with Crippen molar-refractivity contribution in [1.82, 2.24) is 20.4 Å². The standard InChI is InChI=1S/C22H30N4O5/c1-30-17-6-4-16(5-7-17)18(25-10-12-31-13-11-25)14-23-19(27)15-26-20(28)22(24-21(26)29)8-2-3-9-22/h4-7,18H,2-3,8-15H2,1H3,(H,23,27)(H,24,29)/t18-/m1/s1. The molecule has 1 aromatic carbocycles. The van der Waals surface area contributed by atoms with E-state index in [9.17, 15) is 14.4 Å². The molecule has 1 spiro atoms. The van der Waals surface area contributed by atoms with Crippen molar-refractivity contribution in [3.63, 3.8) is 0 Å². The van der Waals surface area contributed by atoms with Crippen LogP contribution in [-0.4, -0.2) is 79.7 Å². The normalized spacial score (nSPS) is 21.9. The third kappa shape index (κ3) is 4.52. The molecule has 1 aromatic rings. The fourth-order valence-corrected chi connectivity index (χ4v) is 4.72. The highest BCUT2D eigenvalue weighted by Crippen LogP contribution is 2.34. The van der Waals surface area contributed by atoms with Crippen LogP contribution in [0.3, 0.4) is 0 Å². The van der Waals surface area contributed by atoms with E-state index in [1.165, 1.54) is 0 Å². The highest BCUT2D eigenvalue weighted by Gasteiger charge is 2.52. The average molecular weight is 431 g/mol. The van der Waals surface area contributed by atoms with Crippen molar-refractivity contribution in [3.05, 3.63) is 29.8 Å². The second-order valence-corrected chi connectivity index (χ2v) is 8.35. The van der Waals surface area contributed by atoms with Gasteiger partial charge in [0.1, 0.15) is 17.8 Å². The molecule has 31 heavy (non-hydrogen) atoms. The summed E-state index contributed by atoms with van der Waals surface area (Å²) in [4.78, 5) is 41.1. The second kappa shape index (κ2) is 9.23. The molecule has 0 unspecified atom stereocenters. The number of benzene rings is 1. The minimum atomic E-state index is -0.795. The molecule has 2 aliphatic heterocycles. The number of ether oxygens (including phenoxy) is 2. The quantitative estimate of drug-likeness (QED) is 0.628. The van der Waals surface area contributed by atoms with Crippen LogP contribution in [0.1, 0.15) is 37.3 Å². The van der Waals surface area contributed by atoms with Crippen molar-refractivity contribution in [1.29, 1.82) is 0 Å². The number of hydrogen-bond donors (Lipinski definition) is 2. The molecule has 0 aromatic heterocycles. The van der Waals surface area contributed by atoms with Crippen LogP contribution in [0.15, 0.2) is 24.3 Å². The number of hydrogen-bond acceptors (Lipinski definition) is 6. The number of urea groups is 1. The minimum absolute atomic E-state index is 0.0389. The molecule has 1 saturated carbocycles. The molecule has 1 atom stereocenters. The predicted molar refractivity (Wildman–Crippen MR) is 113 cm³/mol. The maximum Gasteiger partial charge on any atom is 0.325 e. The van der Waals surface area contributed by atoms with E-state index in [0.717, 1.165) is 42.1 Å². The van der Waals surface area contributed by atoms with Gasteiger partial charge in [-0.2, -0.15) is 0 Å². The van der Waals surface area contributed by atoms with Gasteiger partial charge in [0.05, 0.1) is 26.4 Å². The van der Waals surface area contributed by atoms with E-state index in [4.69, 9.17) is 9.47 Å². The van der Waals surface area contributed by atoms with Crippen LogP contribution >= 0.6 is 0 Å². The fraction of sp³-hybridized carbons (Fsp3) is 0.591. The van der Waals surface area contributed by atoms with Gasteiger partial charge < -0.3 is 20.1 Å². The Bertz CT molecular complexity index is 816. The fourth-order valence-electron chi connectivity index (χ4n) is 4.72. The SMILES string of the molecule is COc1ccc([C@@H](CNC(=O)CN2C(=O)NC3(CCCC3)C2=O)N2CCOCC2)cc1. The summed E-state index contributed by atoms with van der Waals surface area (Å²) in [6.45, 7) is 2.94. The number of rotatable bonds is 7. The lowest BCUT2D eigenvalue weighted by molar-refractivity contribution is -0.135. The first-order chi connectivity index (χ1) is 15.0. The lowest BCUT2D eigenvalue weighted by atomic mass is 9.98. The summed E-state index contributed by atoms with van der Waals surface area (Å²) >= 11 is 0. The number of amides is 4. The van der Waals surface area contributed by atoms with Crippen molar-refractivity contribution < 1.29 is 23.9 Å². The van der Waals surface area contributed by atoms with Crippen LogP contribution < -0.4 is 15.4 Å². The summed E-state index contributed by atoms with van der Waals surface area (Å²) in [5, 5.41) is 5.74. The summed E-state index contributed by atoms with van der Waals surface area (Å²) in [6, 6.07) is 7.28. The van der Waals surface area contributed by atoms with Crippen LogP contribution in [0.2, 0.25) is 0 Å². The lowest BCUT2D eigenvalue weighted by Crippen LogP contribution is -2.47. The van der Waals surface area contributed by atoms with Crippen molar-refractivity contribution in [3.8, 4) is 5.75 Å². The maximum atomic E-state index is 12.8. The zero-order chi connectivity index (χ0) is 21.8. The van der Waals surface area contributed by atoms with Crippen LogP contribution in [0, 0.1) is 0 Å². The molecule has 4 rings (SSSR count). The highest BCUT2D eigenvalue weighted by atomic mass is 16.5. The summed E-state index contributed by atoms with van der Waals surface area (Å²) < 4.78 is 10.7. The molecule has 2 heterocycles. The van der Waals surface area contributed by atoms with Gasteiger partial charge in [-0.15, -0.1) is 0 Å². The van der Waals surface area contributed by atoms with Gasteiger partial charge in [0, 0.05) is 19.6 Å². The third-order valence-corrected chi connectivity index (χ3v) is 6.48. The van der Waals surface area contributed by atoms with Gasteiger partial charge in [0.25, 0.3) is 5.91 Å². The molecule has 9 nitrogen and oxygen atoms in total. The number of carbonyl (C=O) groups is 3. The Morgan fingerprint density at radius 1 is 1.19 bits per heavy atom. The first kappa shape index (κ1) is 21.6. The average Bonchev–Trinajstić information content (AvgIpc) is 3.35. The summed E-state index contributed by atoms with van der Waals surface area (Å²) in [7, 11) is 1.63. The molecule has 3 fully saturated rings. The highest BCUT2D eigenvalue weighted by molar-refractivity contribution is 6.09. The number of nitrogens with one attached hydrogen (secondary N) is 2. The minimum Gasteiger partial charge on any atom is -0.497 e. The third-order valence-electron chi connectivity index (χ3n) is 6.48. The largest absolute Gasteiger partial charge is 0.497 e. The van der Waals surface area contributed by atoms with Crippen LogP contribution in [-0.2, 0) is 14.3 Å². The molecule has 2 N–H and O–H groups in total. The molecule has 1 aliphatic carbocycles. The predicted octanol–water partition coefficient (Wildman–Crippen LogP) is 1.05. The van der Waals surface area contributed by atoms with E-state index >= 15 is 0 Å². The van der Waals surface area contributed by atoms with E-state index in [2.05, 4.69) is 15.5 Å². The molecule has 0 bridgehead atoms. The van der Waals surface area contributed by atoms with E-state index < -0.39 is 11.6 Å². The van der Waals surface area contributed by atoms with Crippen LogP contribution in [0.25, 0.3) is 0 Å². The number of carbonyl (C=O) groups excluding carboxylic acids is 3. The van der Waals surface area contributed by atoms with Crippen LogP contribution in [0.4, 0.5) is 4.79 Å². The summed E-state index contributed by atoms with van der Waals surface area (Å²) in [6.07, 6.45) is 3.11. The molecule has 168 valence electrons. The smallest absolute Gasteiger partial charge is 0.325 e. The van der Waals surface area contributed by atoms with Gasteiger partial charge >= 0.3 is 6.03 Å². The molecule has 2 saturated heterocycles. The first-order valence-corrected chi connectivity index (χ1v) is 10.9. The molecular formula is C22H30N4O5. The Labute approximate surface area is 182 Å². The van der Waals surface area contributed by atoms with E-state index in [-0.39, 0.29) is 24.4 Å². The van der Waals surface area contributed by atoms with Gasteiger partial charge in [0.15, 0.2) is 0 Å². The van der Waals surface area contributed by atoms with Crippen molar-refractivity contribution in [2.45, 2.75) is 37.3 Å². The van der Waals surface area contributed by atoms with Gasteiger partial charge in [0.2, 0.25) is 5.91 Å². The number of nitrogens with zero attached hydrogens (tertiary/aromatic N) is 2. The molecule has 3 aliphatic rings.